The third kappa shape index (κ3) is 2.87. The number of imidazole rings is 1. The van der Waals surface area contributed by atoms with E-state index in [9.17, 15) is 13.5 Å². The zero-order valence-corrected chi connectivity index (χ0v) is 15.5. The first-order chi connectivity index (χ1) is 11.2. The highest BCUT2D eigenvalue weighted by Crippen LogP contribution is 2.34. The number of fused-ring (bicyclic) bond motifs is 1. The molecule has 1 aliphatic carbocycles. The molecule has 0 aliphatic heterocycles. The minimum Gasteiger partial charge on any atom is -0.500 e. The normalized spacial score (nSPS) is 18.8. The molecule has 0 radical (unpaired) electrons. The maximum atomic E-state index is 11.5. The van der Waals surface area contributed by atoms with Gasteiger partial charge < -0.3 is 9.84 Å². The van der Waals surface area contributed by atoms with E-state index in [1.165, 1.54) is 18.4 Å². The van der Waals surface area contributed by atoms with Gasteiger partial charge in [0.2, 0.25) is 4.96 Å². The number of nitrogens with zero attached hydrogens (tertiary/aromatic N) is 3. The maximum Gasteiger partial charge on any atom is 0.213 e. The van der Waals surface area contributed by atoms with Crippen molar-refractivity contribution in [1.82, 2.24) is 14.6 Å². The summed E-state index contributed by atoms with van der Waals surface area (Å²) in [5, 5.41) is 14.5. The van der Waals surface area contributed by atoms with Crippen LogP contribution in [-0.2, 0) is 21.0 Å². The number of rotatable bonds is 4. The predicted molar refractivity (Wildman–Crippen MR) is 92.6 cm³/mol. The van der Waals surface area contributed by atoms with Crippen molar-refractivity contribution in [2.75, 3.05) is 7.11 Å². The molecule has 0 fully saturated rings. The van der Waals surface area contributed by atoms with E-state index in [1.54, 1.807) is 24.4 Å². The third-order valence-corrected chi connectivity index (χ3v) is 6.05. The van der Waals surface area contributed by atoms with Crippen LogP contribution < -0.4 is 0 Å². The SMILES string of the molecule is COC1=CC=C(c2c(C)nc3sc(C(C)(C)O)nn23)CC1[SH](=O)=O. The number of aliphatic hydroxyl groups is 1. The first-order valence-corrected chi connectivity index (χ1v) is 9.46. The molecular formula is C15H19N3O4S2. The molecule has 1 unspecified atom stereocenters. The Kier molecular flexibility index (Phi) is 4.27. The second kappa shape index (κ2) is 5.98. The molecule has 0 bridgehead atoms. The second-order valence-corrected chi connectivity index (χ2v) is 8.33. The first kappa shape index (κ1) is 17.1. The topological polar surface area (TPSA) is 93.8 Å². The largest absolute Gasteiger partial charge is 0.500 e. The van der Waals surface area contributed by atoms with Crippen molar-refractivity contribution in [3.63, 3.8) is 0 Å². The van der Waals surface area contributed by atoms with E-state index in [0.717, 1.165) is 17.0 Å². The van der Waals surface area contributed by atoms with Crippen LogP contribution in [0.15, 0.2) is 17.9 Å². The van der Waals surface area contributed by atoms with E-state index in [0.29, 0.717) is 22.1 Å². The van der Waals surface area contributed by atoms with Crippen molar-refractivity contribution in [3.8, 4) is 0 Å². The summed E-state index contributed by atoms with van der Waals surface area (Å²) < 4.78 is 29.9. The average Bonchev–Trinajstić information content (AvgIpc) is 3.02. The van der Waals surface area contributed by atoms with Gasteiger partial charge in [0.15, 0.2) is 10.7 Å². The number of thiol groups is 1. The summed E-state index contributed by atoms with van der Waals surface area (Å²) in [6.45, 7) is 5.20. The van der Waals surface area contributed by atoms with Crippen LogP contribution in [0.4, 0.5) is 0 Å². The summed E-state index contributed by atoms with van der Waals surface area (Å²) in [7, 11) is -1.19. The van der Waals surface area contributed by atoms with E-state index in [4.69, 9.17) is 4.74 Å². The lowest BCUT2D eigenvalue weighted by atomic mass is 9.99. The molecule has 2 heterocycles. The number of aromatic nitrogens is 3. The minimum absolute atomic E-state index is 0.308. The lowest BCUT2D eigenvalue weighted by molar-refractivity contribution is 0.0772. The Labute approximate surface area is 145 Å². The minimum atomic E-state index is -2.65. The standard InChI is InChI=1S/C15H19N3O4S2/c1-8-12(9-5-6-10(22-4)11(7-9)24(20)21)18-14(16-8)23-13(17-18)15(2,3)19/h5-6,11,19,24H,7H2,1-4H3. The van der Waals surface area contributed by atoms with Crippen molar-refractivity contribution in [3.05, 3.63) is 34.3 Å². The van der Waals surface area contributed by atoms with Crippen LogP contribution >= 0.6 is 11.3 Å². The Morgan fingerprint density at radius 2 is 2.12 bits per heavy atom. The van der Waals surface area contributed by atoms with Crippen LogP contribution in [0.3, 0.4) is 0 Å². The number of methoxy groups -OCH3 is 1. The van der Waals surface area contributed by atoms with Crippen LogP contribution in [-0.4, -0.2) is 40.5 Å². The van der Waals surface area contributed by atoms with E-state index in [-0.39, 0.29) is 0 Å². The Hall–Kier alpha value is -1.71. The van der Waals surface area contributed by atoms with Gasteiger partial charge >= 0.3 is 0 Å². The first-order valence-electron chi connectivity index (χ1n) is 7.40. The molecule has 9 heteroatoms. The molecule has 7 nitrogen and oxygen atoms in total. The molecule has 0 spiro atoms. The van der Waals surface area contributed by atoms with E-state index in [1.807, 2.05) is 13.0 Å². The quantitative estimate of drug-likeness (QED) is 0.796. The number of hydrogen-bond acceptors (Lipinski definition) is 7. The molecule has 24 heavy (non-hydrogen) atoms. The highest BCUT2D eigenvalue weighted by Gasteiger charge is 2.29. The molecular weight excluding hydrogens is 350 g/mol. The summed E-state index contributed by atoms with van der Waals surface area (Å²) in [5.74, 6) is 0.434. The fourth-order valence-corrected chi connectivity index (χ4v) is 4.39. The Morgan fingerprint density at radius 3 is 2.71 bits per heavy atom. The van der Waals surface area contributed by atoms with Crippen molar-refractivity contribution in [2.45, 2.75) is 38.0 Å². The lowest BCUT2D eigenvalue weighted by Crippen LogP contribution is -2.19. The fraction of sp³-hybridized carbons (Fsp3) is 0.467. The highest BCUT2D eigenvalue weighted by atomic mass is 32.2. The van der Waals surface area contributed by atoms with Gasteiger partial charge in [-0.25, -0.2) is 17.9 Å². The van der Waals surface area contributed by atoms with Gasteiger partial charge in [-0.05, 0) is 38.8 Å². The summed E-state index contributed by atoms with van der Waals surface area (Å²) in [4.78, 5) is 5.17. The fourth-order valence-electron chi connectivity index (χ4n) is 2.69. The second-order valence-electron chi connectivity index (χ2n) is 6.18. The Bertz CT molecular complexity index is 921. The van der Waals surface area contributed by atoms with Gasteiger partial charge in [0.05, 0.1) is 18.5 Å². The van der Waals surface area contributed by atoms with Crippen LogP contribution in [0, 0.1) is 6.92 Å². The average molecular weight is 369 g/mol. The predicted octanol–water partition coefficient (Wildman–Crippen LogP) is 1.62. The third-order valence-electron chi connectivity index (χ3n) is 3.89. The van der Waals surface area contributed by atoms with Gasteiger partial charge in [0.25, 0.3) is 0 Å². The van der Waals surface area contributed by atoms with Crippen molar-refractivity contribution < 1.29 is 18.3 Å². The summed E-state index contributed by atoms with van der Waals surface area (Å²) >= 11 is 1.32. The monoisotopic (exact) mass is 369 g/mol. The van der Waals surface area contributed by atoms with E-state index in [2.05, 4.69) is 10.1 Å². The maximum absolute atomic E-state index is 11.5. The molecule has 1 atom stereocenters. The number of aryl methyl sites for hydroxylation is 1. The highest BCUT2D eigenvalue weighted by molar-refractivity contribution is 7.73. The van der Waals surface area contributed by atoms with Crippen LogP contribution in [0.25, 0.3) is 10.5 Å². The Balaban J connectivity index is 2.12. The zero-order valence-electron chi connectivity index (χ0n) is 13.8. The molecule has 1 N–H and O–H groups in total. The smallest absolute Gasteiger partial charge is 0.213 e. The van der Waals surface area contributed by atoms with Gasteiger partial charge in [0.1, 0.15) is 21.6 Å². The van der Waals surface area contributed by atoms with Gasteiger partial charge in [0, 0.05) is 0 Å². The molecule has 1 aliphatic rings. The molecule has 2 aromatic rings. The van der Waals surface area contributed by atoms with Gasteiger partial charge in [-0.3, -0.25) is 0 Å². The zero-order chi connectivity index (χ0) is 17.6. The van der Waals surface area contributed by atoms with Crippen molar-refractivity contribution in [1.29, 1.82) is 0 Å². The van der Waals surface area contributed by atoms with E-state index >= 15 is 0 Å². The number of ether oxygens (including phenoxy) is 1. The number of allylic oxidation sites excluding steroid dienone is 3. The number of hydrogen-bond donors (Lipinski definition) is 2. The van der Waals surface area contributed by atoms with Crippen molar-refractivity contribution >= 4 is 32.6 Å². The summed E-state index contributed by atoms with van der Waals surface area (Å²) in [6, 6.07) is 0. The molecule has 0 saturated heterocycles. The molecule has 0 aromatic carbocycles. The van der Waals surface area contributed by atoms with Crippen LogP contribution in [0.5, 0.6) is 0 Å². The van der Waals surface area contributed by atoms with Gasteiger partial charge in [-0.2, -0.15) is 5.10 Å². The summed E-state index contributed by atoms with van der Waals surface area (Å²) in [5.41, 5.74) is 1.32. The molecule has 3 rings (SSSR count). The summed E-state index contributed by atoms with van der Waals surface area (Å²) in [6.07, 6.45) is 3.83. The molecule has 0 amide bonds. The van der Waals surface area contributed by atoms with Crippen LogP contribution in [0.1, 0.15) is 36.7 Å². The lowest BCUT2D eigenvalue weighted by Gasteiger charge is -2.19. The molecule has 2 aromatic heterocycles. The Morgan fingerprint density at radius 1 is 1.42 bits per heavy atom. The molecule has 130 valence electrons. The molecule has 0 saturated carbocycles. The van der Waals surface area contributed by atoms with Crippen LogP contribution in [0.2, 0.25) is 0 Å². The van der Waals surface area contributed by atoms with Gasteiger partial charge in [-0.15, -0.1) is 0 Å². The van der Waals surface area contributed by atoms with Gasteiger partial charge in [-0.1, -0.05) is 17.4 Å². The van der Waals surface area contributed by atoms with E-state index < -0.39 is 21.6 Å². The van der Waals surface area contributed by atoms with Crippen molar-refractivity contribution in [2.24, 2.45) is 0 Å².